The maximum Gasteiger partial charge on any atom is 0.164 e. The molecule has 0 aliphatic heterocycles. The number of aromatic nitrogens is 3. The van der Waals surface area contributed by atoms with Gasteiger partial charge in [-0.05, 0) is 67.8 Å². The molecule has 0 N–H and O–H groups in total. The average molecular weight is 808 g/mol. The van der Waals surface area contributed by atoms with Crippen LogP contribution in [-0.4, -0.2) is 15.0 Å². The molecule has 0 saturated carbocycles. The molecule has 0 saturated heterocycles. The summed E-state index contributed by atoms with van der Waals surface area (Å²) >= 11 is 1.87. The number of fused-ring (bicyclic) bond motifs is 6. The summed E-state index contributed by atoms with van der Waals surface area (Å²) in [6.45, 7) is 0. The molecule has 290 valence electrons. The first-order valence-corrected chi connectivity index (χ1v) is 21.8. The molecule has 11 aromatic rings. The number of thiophene rings is 1. The van der Waals surface area contributed by atoms with Crippen LogP contribution in [0.5, 0.6) is 0 Å². The Morgan fingerprint density at radius 1 is 0.290 bits per heavy atom. The number of hydrogen-bond donors (Lipinski definition) is 0. The zero-order chi connectivity index (χ0) is 41.0. The number of hydrogen-bond acceptors (Lipinski definition) is 4. The van der Waals surface area contributed by atoms with Gasteiger partial charge < -0.3 is 0 Å². The Morgan fingerprint density at radius 3 is 1.21 bits per heavy atom. The number of rotatable bonds is 7. The van der Waals surface area contributed by atoms with Gasteiger partial charge in [0.25, 0.3) is 0 Å². The van der Waals surface area contributed by atoms with Gasteiger partial charge in [0.15, 0.2) is 17.5 Å². The van der Waals surface area contributed by atoms with Crippen LogP contribution in [0.3, 0.4) is 0 Å². The predicted octanol–water partition coefficient (Wildman–Crippen LogP) is 14.9. The Kier molecular flexibility index (Phi) is 8.58. The molecule has 0 spiro atoms. The van der Waals surface area contributed by atoms with Crippen LogP contribution in [0.15, 0.2) is 224 Å². The SMILES string of the molecule is c1ccc(-c2ccc(-c3nc(-c4ccc(-c5ccccc5)cc4)nc(-c4ccc(C5(c6ccc7c(c6)sc6ccccc67)c6ccccc6-c6ccccc65)cc4)n3)cc2)cc1. The lowest BCUT2D eigenvalue weighted by molar-refractivity contribution is 0.770. The van der Waals surface area contributed by atoms with Crippen molar-refractivity contribution >= 4 is 31.5 Å². The highest BCUT2D eigenvalue weighted by Crippen LogP contribution is 2.56. The van der Waals surface area contributed by atoms with E-state index < -0.39 is 5.41 Å². The molecule has 2 aromatic heterocycles. The van der Waals surface area contributed by atoms with E-state index in [2.05, 4.69) is 212 Å². The summed E-state index contributed by atoms with van der Waals surface area (Å²) in [7, 11) is 0. The van der Waals surface area contributed by atoms with Crippen molar-refractivity contribution in [1.29, 1.82) is 0 Å². The van der Waals surface area contributed by atoms with E-state index in [1.807, 2.05) is 23.5 Å². The van der Waals surface area contributed by atoms with E-state index >= 15 is 0 Å². The number of benzene rings is 9. The maximum absolute atomic E-state index is 5.18. The van der Waals surface area contributed by atoms with E-state index in [0.29, 0.717) is 17.5 Å². The number of nitrogens with zero attached hydrogens (tertiary/aromatic N) is 3. The Morgan fingerprint density at radius 2 is 0.677 bits per heavy atom. The minimum Gasteiger partial charge on any atom is -0.208 e. The second-order valence-electron chi connectivity index (χ2n) is 15.9. The van der Waals surface area contributed by atoms with Gasteiger partial charge in [-0.1, -0.05) is 212 Å². The second-order valence-corrected chi connectivity index (χ2v) is 17.0. The Balaban J connectivity index is 1.00. The maximum atomic E-state index is 5.18. The molecule has 1 aliphatic carbocycles. The minimum atomic E-state index is -0.535. The monoisotopic (exact) mass is 807 g/mol. The first-order valence-electron chi connectivity index (χ1n) is 21.0. The van der Waals surface area contributed by atoms with Crippen LogP contribution in [0.1, 0.15) is 22.3 Å². The highest BCUT2D eigenvalue weighted by Gasteiger charge is 2.46. The smallest absolute Gasteiger partial charge is 0.164 e. The van der Waals surface area contributed by atoms with Crippen molar-refractivity contribution in [2.24, 2.45) is 0 Å². The zero-order valence-corrected chi connectivity index (χ0v) is 34.4. The molecule has 9 aromatic carbocycles. The van der Waals surface area contributed by atoms with Gasteiger partial charge in [0.1, 0.15) is 0 Å². The van der Waals surface area contributed by atoms with E-state index in [-0.39, 0.29) is 0 Å². The van der Waals surface area contributed by atoms with Gasteiger partial charge in [-0.2, -0.15) is 0 Å². The summed E-state index contributed by atoms with van der Waals surface area (Å²) in [5.41, 5.74) is 14.5. The van der Waals surface area contributed by atoms with Crippen molar-refractivity contribution in [1.82, 2.24) is 15.0 Å². The predicted molar refractivity (Wildman–Crippen MR) is 257 cm³/mol. The third-order valence-electron chi connectivity index (χ3n) is 12.5. The molecule has 0 atom stereocenters. The normalized spacial score (nSPS) is 12.6. The summed E-state index contributed by atoms with van der Waals surface area (Å²) in [5.74, 6) is 1.89. The van der Waals surface area contributed by atoms with Crippen LogP contribution < -0.4 is 0 Å². The summed E-state index contributed by atoms with van der Waals surface area (Å²) in [6, 6.07) is 80.5. The van der Waals surface area contributed by atoms with Gasteiger partial charge >= 0.3 is 0 Å². The van der Waals surface area contributed by atoms with Crippen molar-refractivity contribution in [3.05, 3.63) is 247 Å². The van der Waals surface area contributed by atoms with Crippen LogP contribution in [-0.2, 0) is 5.41 Å². The lowest BCUT2D eigenvalue weighted by Crippen LogP contribution is -2.28. The lowest BCUT2D eigenvalue weighted by Gasteiger charge is -2.34. The molecule has 4 heteroatoms. The van der Waals surface area contributed by atoms with Gasteiger partial charge in [0, 0.05) is 36.9 Å². The van der Waals surface area contributed by atoms with Gasteiger partial charge in [0.2, 0.25) is 0 Å². The third kappa shape index (κ3) is 5.91. The Labute approximate surface area is 364 Å². The molecule has 2 heterocycles. The molecule has 0 fully saturated rings. The molecular weight excluding hydrogens is 771 g/mol. The molecule has 0 unspecified atom stereocenters. The van der Waals surface area contributed by atoms with Crippen molar-refractivity contribution < 1.29 is 0 Å². The largest absolute Gasteiger partial charge is 0.208 e. The first-order chi connectivity index (χ1) is 30.7. The fourth-order valence-electron chi connectivity index (χ4n) is 9.50. The topological polar surface area (TPSA) is 38.7 Å². The molecule has 62 heavy (non-hydrogen) atoms. The summed E-state index contributed by atoms with van der Waals surface area (Å²) in [4.78, 5) is 15.5. The summed E-state index contributed by atoms with van der Waals surface area (Å²) in [6.07, 6.45) is 0. The van der Waals surface area contributed by atoms with E-state index in [4.69, 9.17) is 15.0 Å². The summed E-state index contributed by atoms with van der Waals surface area (Å²) in [5, 5.41) is 2.60. The van der Waals surface area contributed by atoms with Gasteiger partial charge in [-0.3, -0.25) is 0 Å². The van der Waals surface area contributed by atoms with Crippen molar-refractivity contribution in [2.45, 2.75) is 5.41 Å². The zero-order valence-electron chi connectivity index (χ0n) is 33.6. The van der Waals surface area contributed by atoms with Crippen LogP contribution >= 0.6 is 11.3 Å². The molecular formula is C58H37N3S. The van der Waals surface area contributed by atoms with Crippen LogP contribution in [0, 0.1) is 0 Å². The Hall–Kier alpha value is -7.79. The summed E-state index contributed by atoms with van der Waals surface area (Å²) < 4.78 is 2.60. The van der Waals surface area contributed by atoms with E-state index in [1.165, 1.54) is 64.7 Å². The Bertz CT molecular complexity index is 3280. The molecule has 0 amide bonds. The van der Waals surface area contributed by atoms with E-state index in [1.54, 1.807) is 0 Å². The molecule has 0 radical (unpaired) electrons. The van der Waals surface area contributed by atoms with E-state index in [0.717, 1.165) is 27.8 Å². The average Bonchev–Trinajstić information content (AvgIpc) is 3.88. The van der Waals surface area contributed by atoms with Crippen LogP contribution in [0.4, 0.5) is 0 Å². The lowest BCUT2D eigenvalue weighted by atomic mass is 9.67. The highest BCUT2D eigenvalue weighted by molar-refractivity contribution is 7.25. The van der Waals surface area contributed by atoms with Crippen molar-refractivity contribution in [3.63, 3.8) is 0 Å². The highest BCUT2D eigenvalue weighted by atomic mass is 32.1. The fourth-order valence-corrected chi connectivity index (χ4v) is 10.6. The van der Waals surface area contributed by atoms with Crippen molar-refractivity contribution in [2.75, 3.05) is 0 Å². The first kappa shape index (κ1) is 36.1. The minimum absolute atomic E-state index is 0.535. The molecule has 3 nitrogen and oxygen atoms in total. The van der Waals surface area contributed by atoms with E-state index in [9.17, 15) is 0 Å². The second kappa shape index (κ2) is 14.7. The van der Waals surface area contributed by atoms with Gasteiger partial charge in [-0.15, -0.1) is 11.3 Å². The molecule has 1 aliphatic rings. The molecule has 0 bridgehead atoms. The molecule has 12 rings (SSSR count). The third-order valence-corrected chi connectivity index (χ3v) is 13.6. The standard InChI is InChI=1S/C58H37N3S/c1-3-13-38(14-4-1)40-23-27-42(28-24-40)55-59-56(43-29-25-41(26-30-43)39-15-5-2-6-16-39)61-57(60-55)44-31-33-45(34-32-44)58(51-20-10-7-17-47(51)48-18-8-11-21-52(48)58)46-35-36-50-49-19-9-12-22-53(49)62-54(50)37-46/h1-37H. The van der Waals surface area contributed by atoms with Gasteiger partial charge in [0.05, 0.1) is 5.41 Å². The fraction of sp³-hybridized carbons (Fsp3) is 0.0172. The van der Waals surface area contributed by atoms with Crippen LogP contribution in [0.2, 0.25) is 0 Å². The van der Waals surface area contributed by atoms with Crippen LogP contribution in [0.25, 0.3) is 87.7 Å². The van der Waals surface area contributed by atoms with Gasteiger partial charge in [-0.25, -0.2) is 15.0 Å². The quantitative estimate of drug-likeness (QED) is 0.161. The van der Waals surface area contributed by atoms with Crippen molar-refractivity contribution in [3.8, 4) is 67.5 Å².